The van der Waals surface area contributed by atoms with E-state index in [2.05, 4.69) is 54.2 Å². The van der Waals surface area contributed by atoms with Gasteiger partial charge in [-0.05, 0) is 29.1 Å². The Morgan fingerprint density at radius 3 is 2.96 bits per heavy atom. The Morgan fingerprint density at radius 1 is 1.20 bits per heavy atom. The number of aromatic nitrogens is 1. The molecule has 0 aliphatic carbocycles. The molecular formula is C20H21N2O3+. The molecule has 0 radical (unpaired) electrons. The van der Waals surface area contributed by atoms with E-state index < -0.39 is 0 Å². The highest BCUT2D eigenvalue weighted by molar-refractivity contribution is 5.80. The predicted octanol–water partition coefficient (Wildman–Crippen LogP) is 2.00. The molecule has 0 saturated carbocycles. The highest BCUT2D eigenvalue weighted by Crippen LogP contribution is 2.47. The van der Waals surface area contributed by atoms with Crippen LogP contribution in [0.3, 0.4) is 0 Å². The number of likely N-dealkylation sites (N-methyl/N-ethyl adjacent to an activating group) is 1. The van der Waals surface area contributed by atoms with Gasteiger partial charge in [-0.2, -0.15) is 0 Å². The topological polar surface area (TPSA) is 37.1 Å². The van der Waals surface area contributed by atoms with Crippen molar-refractivity contribution in [2.75, 3.05) is 27.5 Å². The summed E-state index contributed by atoms with van der Waals surface area (Å²) >= 11 is 0. The van der Waals surface area contributed by atoms with Gasteiger partial charge in [0.25, 0.3) is 0 Å². The highest BCUT2D eigenvalue weighted by Gasteiger charge is 2.37. The van der Waals surface area contributed by atoms with Crippen LogP contribution in [0.15, 0.2) is 42.6 Å². The first-order valence-electron chi connectivity index (χ1n) is 8.65. The van der Waals surface area contributed by atoms with E-state index in [0.717, 1.165) is 30.2 Å². The maximum Gasteiger partial charge on any atom is 0.231 e. The Balaban J connectivity index is 1.77. The molecular weight excluding hydrogens is 316 g/mol. The lowest BCUT2D eigenvalue weighted by Gasteiger charge is -2.34. The third-order valence-corrected chi connectivity index (χ3v) is 5.38. The number of hydrogen-bond donors (Lipinski definition) is 1. The number of ether oxygens (including phenoxy) is 3. The minimum absolute atomic E-state index is 0.146. The summed E-state index contributed by atoms with van der Waals surface area (Å²) < 4.78 is 19.5. The summed E-state index contributed by atoms with van der Waals surface area (Å²) in [6.07, 6.45) is 3.33. The maximum absolute atomic E-state index is 5.81. The van der Waals surface area contributed by atoms with Crippen molar-refractivity contribution in [1.29, 1.82) is 0 Å². The minimum Gasteiger partial charge on any atom is -0.492 e. The van der Waals surface area contributed by atoms with Gasteiger partial charge in [0.05, 0.1) is 31.8 Å². The molecule has 0 spiro atoms. The molecule has 25 heavy (non-hydrogen) atoms. The van der Waals surface area contributed by atoms with Gasteiger partial charge in [0.2, 0.25) is 12.5 Å². The highest BCUT2D eigenvalue weighted by atomic mass is 16.7. The lowest BCUT2D eigenvalue weighted by molar-refractivity contribution is -0.917. The van der Waals surface area contributed by atoms with Crippen molar-refractivity contribution < 1.29 is 19.1 Å². The van der Waals surface area contributed by atoms with Crippen LogP contribution in [0.5, 0.6) is 17.2 Å². The normalized spacial score (nSPS) is 21.4. The van der Waals surface area contributed by atoms with Gasteiger partial charge in [-0.15, -0.1) is 0 Å². The molecule has 128 valence electrons. The first-order valence-corrected chi connectivity index (χ1v) is 8.65. The summed E-state index contributed by atoms with van der Waals surface area (Å²) in [6.45, 7) is 1.32. The molecule has 0 amide bonds. The molecule has 3 heterocycles. The van der Waals surface area contributed by atoms with E-state index in [9.17, 15) is 0 Å². The molecule has 5 nitrogen and oxygen atoms in total. The van der Waals surface area contributed by atoms with Crippen LogP contribution >= 0.6 is 0 Å². The molecule has 0 fully saturated rings. The van der Waals surface area contributed by atoms with E-state index in [0.29, 0.717) is 0 Å². The molecule has 1 unspecified atom stereocenters. The summed E-state index contributed by atoms with van der Waals surface area (Å²) in [4.78, 5) is 1.44. The molecule has 0 saturated heterocycles. The van der Waals surface area contributed by atoms with Gasteiger partial charge in [-0.3, -0.25) is 4.57 Å². The zero-order valence-electron chi connectivity index (χ0n) is 14.4. The van der Waals surface area contributed by atoms with Crippen molar-refractivity contribution in [2.24, 2.45) is 0 Å². The van der Waals surface area contributed by atoms with Gasteiger partial charge >= 0.3 is 0 Å². The van der Waals surface area contributed by atoms with Crippen molar-refractivity contribution in [3.05, 3.63) is 53.7 Å². The van der Waals surface area contributed by atoms with Gasteiger partial charge in [0.15, 0.2) is 17.7 Å². The van der Waals surface area contributed by atoms with Crippen molar-refractivity contribution in [1.82, 2.24) is 4.57 Å². The molecule has 2 aromatic carbocycles. The lowest BCUT2D eigenvalue weighted by Crippen LogP contribution is -3.11. The summed E-state index contributed by atoms with van der Waals surface area (Å²) in [5.41, 5.74) is 3.73. The molecule has 1 N–H and O–H groups in total. The van der Waals surface area contributed by atoms with E-state index in [1.165, 1.54) is 26.9 Å². The number of hydrogen-bond acceptors (Lipinski definition) is 3. The van der Waals surface area contributed by atoms with Crippen LogP contribution < -0.4 is 19.1 Å². The number of nitrogens with zero attached hydrogens (tertiary/aromatic N) is 1. The summed E-state index contributed by atoms with van der Waals surface area (Å²) in [7, 11) is 3.96. The van der Waals surface area contributed by atoms with E-state index in [1.807, 2.05) is 0 Å². The van der Waals surface area contributed by atoms with Crippen molar-refractivity contribution in [3.63, 3.8) is 0 Å². The van der Waals surface area contributed by atoms with Gasteiger partial charge in [-0.25, -0.2) is 0 Å². The zero-order valence-corrected chi connectivity index (χ0v) is 14.4. The minimum atomic E-state index is 0.146. The van der Waals surface area contributed by atoms with E-state index in [-0.39, 0.29) is 13.0 Å². The first kappa shape index (κ1) is 14.7. The van der Waals surface area contributed by atoms with Gasteiger partial charge in [-0.1, -0.05) is 18.2 Å². The molecule has 5 heteroatoms. The second-order valence-electron chi connectivity index (χ2n) is 6.75. The SMILES string of the molecule is COc1c2c(cc3c1[C@H](n1ccc4ccccc41)[NH+](C)CC3)OCO2. The third kappa shape index (κ3) is 2.05. The lowest BCUT2D eigenvalue weighted by atomic mass is 9.94. The molecule has 2 atom stereocenters. The predicted molar refractivity (Wildman–Crippen MR) is 94.7 cm³/mol. The average molecular weight is 337 g/mol. The molecule has 3 aromatic rings. The number of para-hydroxylation sites is 1. The molecule has 0 bridgehead atoms. The summed E-state index contributed by atoms with van der Waals surface area (Å²) in [5, 5.41) is 1.25. The zero-order chi connectivity index (χ0) is 17.0. The van der Waals surface area contributed by atoms with Crippen molar-refractivity contribution >= 4 is 10.9 Å². The number of fused-ring (bicyclic) bond motifs is 3. The number of rotatable bonds is 2. The van der Waals surface area contributed by atoms with Crippen molar-refractivity contribution in [2.45, 2.75) is 12.6 Å². The van der Waals surface area contributed by atoms with E-state index in [4.69, 9.17) is 14.2 Å². The number of nitrogens with one attached hydrogen (secondary N) is 1. The number of methoxy groups -OCH3 is 1. The molecule has 2 aliphatic rings. The van der Waals surface area contributed by atoms with Crippen LogP contribution in [0.2, 0.25) is 0 Å². The first-order chi connectivity index (χ1) is 12.3. The fourth-order valence-corrected chi connectivity index (χ4v) is 4.21. The Hall–Kier alpha value is -2.66. The van der Waals surface area contributed by atoms with Gasteiger partial charge in [0.1, 0.15) is 0 Å². The van der Waals surface area contributed by atoms with Crippen LogP contribution in [-0.2, 0) is 6.42 Å². The van der Waals surface area contributed by atoms with Crippen LogP contribution in [0.1, 0.15) is 17.3 Å². The summed E-state index contributed by atoms with van der Waals surface area (Å²) in [6, 6.07) is 12.8. The quantitative estimate of drug-likeness (QED) is 0.777. The monoisotopic (exact) mass is 337 g/mol. The largest absolute Gasteiger partial charge is 0.492 e. The Labute approximate surface area is 146 Å². The Morgan fingerprint density at radius 2 is 2.08 bits per heavy atom. The van der Waals surface area contributed by atoms with Gasteiger partial charge < -0.3 is 19.1 Å². The fraction of sp³-hybridized carbons (Fsp3) is 0.300. The summed E-state index contributed by atoms with van der Waals surface area (Å²) in [5.74, 6) is 2.34. The average Bonchev–Trinajstić information content (AvgIpc) is 3.26. The molecule has 1 aromatic heterocycles. The van der Waals surface area contributed by atoms with Gasteiger partial charge in [0, 0.05) is 12.6 Å². The van der Waals surface area contributed by atoms with E-state index >= 15 is 0 Å². The van der Waals surface area contributed by atoms with E-state index in [1.54, 1.807) is 7.11 Å². The number of quaternary nitrogens is 1. The fourth-order valence-electron chi connectivity index (χ4n) is 4.21. The maximum atomic E-state index is 5.81. The number of benzene rings is 2. The van der Waals surface area contributed by atoms with Crippen LogP contribution in [-0.4, -0.2) is 32.1 Å². The second-order valence-corrected chi connectivity index (χ2v) is 6.75. The smallest absolute Gasteiger partial charge is 0.231 e. The Bertz CT molecular complexity index is 963. The molecule has 2 aliphatic heterocycles. The van der Waals surface area contributed by atoms with Crippen LogP contribution in [0, 0.1) is 0 Å². The Kier molecular flexibility index (Phi) is 3.18. The standard InChI is InChI=1S/C20H20N2O3/c1-21-9-7-14-11-16-18(25-12-24-16)19(23-2)17(14)20(21)22-10-8-13-5-3-4-6-15(13)22/h3-6,8,10-11,20H,7,9,12H2,1-2H3/p+1/t20-/m0/s1. The third-order valence-electron chi connectivity index (χ3n) is 5.38. The molecule has 5 rings (SSSR count). The van der Waals surface area contributed by atoms with Crippen LogP contribution in [0.25, 0.3) is 10.9 Å². The van der Waals surface area contributed by atoms with Crippen molar-refractivity contribution in [3.8, 4) is 17.2 Å². The van der Waals surface area contributed by atoms with Crippen LogP contribution in [0.4, 0.5) is 0 Å². The second kappa shape index (κ2) is 5.43.